The number of amides is 1. The van der Waals surface area contributed by atoms with Gasteiger partial charge < -0.3 is 15.5 Å². The lowest BCUT2D eigenvalue weighted by atomic mass is 9.98. The zero-order valence-electron chi connectivity index (χ0n) is 18.1. The van der Waals surface area contributed by atoms with Crippen LogP contribution in [-0.4, -0.2) is 40.5 Å². The number of carbonyl (C=O) groups is 1. The van der Waals surface area contributed by atoms with E-state index in [1.54, 1.807) is 35.7 Å². The molecule has 0 aliphatic carbocycles. The number of hydrogen-bond acceptors (Lipinski definition) is 4. The Morgan fingerprint density at radius 3 is 2.67 bits per heavy atom. The zero-order valence-corrected chi connectivity index (χ0v) is 20.5. The lowest BCUT2D eigenvalue weighted by Gasteiger charge is -2.33. The van der Waals surface area contributed by atoms with Crippen molar-refractivity contribution in [1.29, 1.82) is 0 Å². The Kier molecular flexibility index (Phi) is 7.57. The molecule has 0 unspecified atom stereocenters. The zero-order chi connectivity index (χ0) is 23.4. The number of nitrogens with zero attached hydrogens (tertiary/aromatic N) is 2. The van der Waals surface area contributed by atoms with Gasteiger partial charge in [-0.2, -0.15) is 0 Å². The summed E-state index contributed by atoms with van der Waals surface area (Å²) in [5.41, 5.74) is 2.23. The monoisotopic (exact) mass is 502 g/mol. The number of piperidine rings is 1. The van der Waals surface area contributed by atoms with Crippen LogP contribution in [0.3, 0.4) is 0 Å². The Balaban J connectivity index is 1.45. The normalized spacial score (nSPS) is 14.2. The maximum absolute atomic E-state index is 13.9. The molecule has 5 nitrogen and oxygen atoms in total. The van der Waals surface area contributed by atoms with Crippen molar-refractivity contribution in [2.24, 2.45) is 0 Å². The summed E-state index contributed by atoms with van der Waals surface area (Å²) in [4.78, 5) is 19.7. The second-order valence-electron chi connectivity index (χ2n) is 7.82. The van der Waals surface area contributed by atoms with Gasteiger partial charge in [-0.05, 0) is 67.9 Å². The van der Waals surface area contributed by atoms with Gasteiger partial charge in [0.05, 0.1) is 5.01 Å². The van der Waals surface area contributed by atoms with E-state index in [0.717, 1.165) is 48.2 Å². The summed E-state index contributed by atoms with van der Waals surface area (Å²) in [6.45, 7) is 4.60. The largest absolute Gasteiger partial charge is 0.363 e. The third kappa shape index (κ3) is 5.69. The van der Waals surface area contributed by atoms with Gasteiger partial charge in [0, 0.05) is 47.2 Å². The van der Waals surface area contributed by atoms with E-state index < -0.39 is 0 Å². The standard InChI is InChI=1S/C24H24ClFN4OS2/c1-2-27-24(32)30-11-9-16(10-12-30)23-29-21(14-33-23)22(31)28-20-8-7-18(26)13-19(20)15-3-5-17(25)6-4-15/h3-8,13-14,16H,2,9-12H2,1H3,(H,27,32)(H,28,31). The lowest BCUT2D eigenvalue weighted by Crippen LogP contribution is -2.43. The van der Waals surface area contributed by atoms with E-state index in [4.69, 9.17) is 23.8 Å². The van der Waals surface area contributed by atoms with Crippen molar-refractivity contribution in [2.75, 3.05) is 25.0 Å². The molecule has 33 heavy (non-hydrogen) atoms. The molecule has 172 valence electrons. The number of thiocarbonyl (C=S) groups is 1. The van der Waals surface area contributed by atoms with Crippen molar-refractivity contribution in [3.05, 3.63) is 69.4 Å². The number of nitrogens with one attached hydrogen (secondary N) is 2. The summed E-state index contributed by atoms with van der Waals surface area (Å²) in [7, 11) is 0. The quantitative estimate of drug-likeness (QED) is 0.423. The average Bonchev–Trinajstić information content (AvgIpc) is 3.32. The molecule has 1 aliphatic rings. The average molecular weight is 503 g/mol. The molecule has 2 heterocycles. The second-order valence-corrected chi connectivity index (χ2v) is 9.53. The SMILES string of the molecule is CCNC(=S)N1CCC(c2nc(C(=O)Nc3ccc(F)cc3-c3ccc(Cl)cc3)cs2)CC1. The van der Waals surface area contributed by atoms with Gasteiger partial charge in [-0.25, -0.2) is 9.37 Å². The molecule has 1 aromatic heterocycles. The molecule has 0 atom stereocenters. The Morgan fingerprint density at radius 1 is 1.24 bits per heavy atom. The number of thiazole rings is 1. The fraction of sp³-hybridized carbons (Fsp3) is 0.292. The van der Waals surface area contributed by atoms with Gasteiger partial charge in [-0.1, -0.05) is 23.7 Å². The number of anilines is 1. The van der Waals surface area contributed by atoms with Crippen LogP contribution in [-0.2, 0) is 0 Å². The molecule has 1 saturated heterocycles. The van der Waals surface area contributed by atoms with E-state index in [-0.39, 0.29) is 11.7 Å². The van der Waals surface area contributed by atoms with Gasteiger partial charge >= 0.3 is 0 Å². The second kappa shape index (κ2) is 10.6. The summed E-state index contributed by atoms with van der Waals surface area (Å²) in [5, 5.41) is 10.2. The summed E-state index contributed by atoms with van der Waals surface area (Å²) < 4.78 is 13.9. The molecule has 0 bridgehead atoms. The maximum Gasteiger partial charge on any atom is 0.275 e. The minimum absolute atomic E-state index is 0.313. The Labute approximate surface area is 207 Å². The van der Waals surface area contributed by atoms with Gasteiger partial charge in [0.2, 0.25) is 0 Å². The Bertz CT molecular complexity index is 1140. The highest BCUT2D eigenvalue weighted by molar-refractivity contribution is 7.80. The van der Waals surface area contributed by atoms with Crippen molar-refractivity contribution in [3.8, 4) is 11.1 Å². The number of likely N-dealkylation sites (tertiary alicyclic amines) is 1. The minimum Gasteiger partial charge on any atom is -0.363 e. The third-order valence-electron chi connectivity index (χ3n) is 5.60. The first-order chi connectivity index (χ1) is 15.9. The van der Waals surface area contributed by atoms with E-state index in [0.29, 0.717) is 27.9 Å². The van der Waals surface area contributed by atoms with Crippen LogP contribution >= 0.6 is 35.2 Å². The third-order valence-corrected chi connectivity index (χ3v) is 7.26. The number of carbonyl (C=O) groups excluding carboxylic acids is 1. The predicted molar refractivity (Wildman–Crippen MR) is 137 cm³/mol. The van der Waals surface area contributed by atoms with Crippen molar-refractivity contribution < 1.29 is 9.18 Å². The molecule has 2 aromatic carbocycles. The van der Waals surface area contributed by atoms with Gasteiger partial charge in [0.25, 0.3) is 5.91 Å². The highest BCUT2D eigenvalue weighted by atomic mass is 35.5. The van der Waals surface area contributed by atoms with Crippen molar-refractivity contribution in [2.45, 2.75) is 25.7 Å². The van der Waals surface area contributed by atoms with E-state index in [1.165, 1.54) is 23.5 Å². The van der Waals surface area contributed by atoms with Crippen LogP contribution < -0.4 is 10.6 Å². The van der Waals surface area contributed by atoms with Crippen molar-refractivity contribution in [3.63, 3.8) is 0 Å². The number of benzene rings is 2. The number of rotatable bonds is 5. The van der Waals surface area contributed by atoms with E-state index >= 15 is 0 Å². The molecular formula is C24H24ClFN4OS2. The van der Waals surface area contributed by atoms with Gasteiger partial charge in [-0.3, -0.25) is 4.79 Å². The molecule has 3 aromatic rings. The highest BCUT2D eigenvalue weighted by Gasteiger charge is 2.25. The molecule has 2 N–H and O–H groups in total. The molecule has 0 spiro atoms. The Morgan fingerprint density at radius 2 is 1.97 bits per heavy atom. The number of halogens is 2. The molecule has 4 rings (SSSR count). The first-order valence-corrected chi connectivity index (χ1v) is 12.5. The molecule has 1 amide bonds. The van der Waals surface area contributed by atoms with Crippen LogP contribution in [0.1, 0.15) is 41.2 Å². The summed E-state index contributed by atoms with van der Waals surface area (Å²) in [6, 6.07) is 11.3. The fourth-order valence-electron chi connectivity index (χ4n) is 3.85. The molecule has 0 radical (unpaired) electrons. The number of hydrogen-bond donors (Lipinski definition) is 2. The van der Waals surface area contributed by atoms with Crippen molar-refractivity contribution >= 4 is 51.9 Å². The summed E-state index contributed by atoms with van der Waals surface area (Å²) >= 11 is 12.9. The van der Waals surface area contributed by atoms with Gasteiger partial charge in [0.1, 0.15) is 11.5 Å². The first-order valence-electron chi connectivity index (χ1n) is 10.8. The maximum atomic E-state index is 13.9. The number of aromatic nitrogens is 1. The minimum atomic E-state index is -0.381. The van der Waals surface area contributed by atoms with Crippen LogP contribution in [0, 0.1) is 5.82 Å². The molecule has 9 heteroatoms. The highest BCUT2D eigenvalue weighted by Crippen LogP contribution is 2.32. The van der Waals surface area contributed by atoms with Crippen LogP contribution in [0.4, 0.5) is 10.1 Å². The van der Waals surface area contributed by atoms with Crippen LogP contribution in [0.15, 0.2) is 47.8 Å². The lowest BCUT2D eigenvalue weighted by molar-refractivity contribution is 0.102. The van der Waals surface area contributed by atoms with Gasteiger partial charge in [0.15, 0.2) is 5.11 Å². The summed E-state index contributed by atoms with van der Waals surface area (Å²) in [5.74, 6) is -0.383. The summed E-state index contributed by atoms with van der Waals surface area (Å²) in [6.07, 6.45) is 1.89. The van der Waals surface area contributed by atoms with Crippen LogP contribution in [0.2, 0.25) is 5.02 Å². The van der Waals surface area contributed by atoms with E-state index in [9.17, 15) is 9.18 Å². The van der Waals surface area contributed by atoms with E-state index in [1.807, 2.05) is 6.92 Å². The first kappa shape index (κ1) is 23.6. The van der Waals surface area contributed by atoms with Crippen molar-refractivity contribution in [1.82, 2.24) is 15.2 Å². The van der Waals surface area contributed by atoms with Crippen LogP contribution in [0.5, 0.6) is 0 Å². The van der Waals surface area contributed by atoms with Crippen LogP contribution in [0.25, 0.3) is 11.1 Å². The molecule has 1 aliphatic heterocycles. The molecular weight excluding hydrogens is 479 g/mol. The fourth-order valence-corrected chi connectivity index (χ4v) is 5.28. The topological polar surface area (TPSA) is 57.3 Å². The Hall–Kier alpha value is -2.55. The van der Waals surface area contributed by atoms with E-state index in [2.05, 4.69) is 20.5 Å². The smallest absolute Gasteiger partial charge is 0.275 e. The van der Waals surface area contributed by atoms with Gasteiger partial charge in [-0.15, -0.1) is 11.3 Å². The molecule has 1 fully saturated rings. The molecule has 0 saturated carbocycles. The predicted octanol–water partition coefficient (Wildman–Crippen LogP) is 5.93.